The molecule has 6 nitrogen and oxygen atoms in total. The van der Waals surface area contributed by atoms with Gasteiger partial charge in [0.1, 0.15) is 0 Å². The van der Waals surface area contributed by atoms with Gasteiger partial charge in [0.05, 0.1) is 49.5 Å². The first kappa shape index (κ1) is 16.8. The van der Waals surface area contributed by atoms with Crippen molar-refractivity contribution in [3.63, 3.8) is 0 Å². The van der Waals surface area contributed by atoms with Crippen molar-refractivity contribution < 1.29 is 0 Å². The number of aryl methyl sites for hydroxylation is 4. The van der Waals surface area contributed by atoms with E-state index in [9.17, 15) is 0 Å². The van der Waals surface area contributed by atoms with E-state index in [2.05, 4.69) is 36.2 Å². The van der Waals surface area contributed by atoms with Gasteiger partial charge in [0.2, 0.25) is 0 Å². The summed E-state index contributed by atoms with van der Waals surface area (Å²) >= 11 is 0. The predicted octanol–water partition coefficient (Wildman–Crippen LogP) is 2.73. The normalized spacial score (nSPS) is 10.5. The van der Waals surface area contributed by atoms with Gasteiger partial charge in [0, 0.05) is 28.9 Å². The number of hydrogen-bond donors (Lipinski definition) is 0. The van der Waals surface area contributed by atoms with Crippen LogP contribution < -0.4 is 0 Å². The average Bonchev–Trinajstić information content (AvgIpc) is 2.95. The van der Waals surface area contributed by atoms with Crippen LogP contribution in [0.1, 0.15) is 46.7 Å². The molecule has 6 heteroatoms. The minimum atomic E-state index is 0.464. The second kappa shape index (κ2) is 7.11. The maximum absolute atomic E-state index is 8.75. The second-order valence-electron chi connectivity index (χ2n) is 5.74. The Morgan fingerprint density at radius 2 is 1.17 bits per heavy atom. The van der Waals surface area contributed by atoms with Crippen molar-refractivity contribution in [1.82, 2.24) is 19.6 Å². The third-order valence-corrected chi connectivity index (χ3v) is 4.29. The maximum Gasteiger partial charge on any atom is 0.0641 e. The van der Waals surface area contributed by atoms with E-state index in [0.717, 1.165) is 29.2 Å². The molecule has 0 aliphatic rings. The molecule has 120 valence electrons. The summed E-state index contributed by atoms with van der Waals surface area (Å²) in [5.74, 6) is 0. The molecule has 0 saturated heterocycles. The number of hydrogen-bond acceptors (Lipinski definition) is 4. The number of nitriles is 2. The molecule has 0 atom stereocenters. The lowest BCUT2D eigenvalue weighted by Crippen LogP contribution is -2.03. The summed E-state index contributed by atoms with van der Waals surface area (Å²) in [5.41, 5.74) is 6.64. The third kappa shape index (κ3) is 3.43. The molecule has 2 aromatic heterocycles. The minimum Gasteiger partial charge on any atom is -0.268 e. The summed E-state index contributed by atoms with van der Waals surface area (Å²) in [6.45, 7) is 9.38. The fourth-order valence-electron chi connectivity index (χ4n) is 2.90. The predicted molar refractivity (Wildman–Crippen MR) is 86.7 cm³/mol. The second-order valence-corrected chi connectivity index (χ2v) is 5.74. The van der Waals surface area contributed by atoms with Gasteiger partial charge < -0.3 is 0 Å². The molecule has 0 amide bonds. The lowest BCUT2D eigenvalue weighted by molar-refractivity contribution is 0.604. The first-order chi connectivity index (χ1) is 11.0. The van der Waals surface area contributed by atoms with Crippen LogP contribution in [-0.4, -0.2) is 19.6 Å². The molecule has 0 unspecified atom stereocenters. The van der Waals surface area contributed by atoms with Crippen LogP contribution in [0.25, 0.3) is 0 Å². The largest absolute Gasteiger partial charge is 0.268 e. The zero-order chi connectivity index (χ0) is 17.0. The highest BCUT2D eigenvalue weighted by Crippen LogP contribution is 2.22. The SMILES string of the molecule is Cc1nn(CCC#N)c(C)c1Cc1c(C)nn(CCC#N)c1C. The van der Waals surface area contributed by atoms with Crippen molar-refractivity contribution in [3.8, 4) is 12.1 Å². The van der Waals surface area contributed by atoms with Gasteiger partial charge in [-0.15, -0.1) is 0 Å². The first-order valence-corrected chi connectivity index (χ1v) is 7.79. The average molecular weight is 310 g/mol. The Hall–Kier alpha value is -2.60. The standard InChI is InChI=1S/C17H22N6/c1-12-16(14(3)22(20-12)9-5-7-18)11-17-13(2)21-23(15(17)4)10-6-8-19/h5-6,9-11H2,1-4H3. The zero-order valence-electron chi connectivity index (χ0n) is 14.2. The summed E-state index contributed by atoms with van der Waals surface area (Å²) < 4.78 is 3.83. The van der Waals surface area contributed by atoms with Crippen molar-refractivity contribution in [1.29, 1.82) is 10.5 Å². The van der Waals surface area contributed by atoms with Crippen molar-refractivity contribution in [2.45, 2.75) is 60.0 Å². The van der Waals surface area contributed by atoms with E-state index in [0.29, 0.717) is 25.9 Å². The van der Waals surface area contributed by atoms with Gasteiger partial charge in [-0.2, -0.15) is 20.7 Å². The number of nitrogens with zero attached hydrogens (tertiary/aromatic N) is 6. The van der Waals surface area contributed by atoms with E-state index in [1.54, 1.807) is 0 Å². The Balaban J connectivity index is 2.30. The van der Waals surface area contributed by atoms with E-state index < -0.39 is 0 Å². The molecule has 0 N–H and O–H groups in total. The van der Waals surface area contributed by atoms with Gasteiger partial charge in [0.15, 0.2) is 0 Å². The van der Waals surface area contributed by atoms with E-state index >= 15 is 0 Å². The molecule has 0 saturated carbocycles. The summed E-state index contributed by atoms with van der Waals surface area (Å²) in [4.78, 5) is 0. The van der Waals surface area contributed by atoms with Gasteiger partial charge in [0.25, 0.3) is 0 Å². The molecule has 23 heavy (non-hydrogen) atoms. The summed E-state index contributed by atoms with van der Waals surface area (Å²) in [6, 6.07) is 4.32. The molecule has 0 aliphatic heterocycles. The lowest BCUT2D eigenvalue weighted by Gasteiger charge is -2.05. The number of aromatic nitrogens is 4. The van der Waals surface area contributed by atoms with Crippen LogP contribution in [-0.2, 0) is 19.5 Å². The highest BCUT2D eigenvalue weighted by molar-refractivity contribution is 5.36. The summed E-state index contributed by atoms with van der Waals surface area (Å²) in [5, 5.41) is 26.6. The van der Waals surface area contributed by atoms with Crippen LogP contribution in [0.5, 0.6) is 0 Å². The smallest absolute Gasteiger partial charge is 0.0641 e. The minimum absolute atomic E-state index is 0.464. The number of rotatable bonds is 6. The van der Waals surface area contributed by atoms with Gasteiger partial charge in [-0.1, -0.05) is 0 Å². The van der Waals surface area contributed by atoms with Gasteiger partial charge in [-0.25, -0.2) is 0 Å². The Morgan fingerprint density at radius 3 is 1.52 bits per heavy atom. The molecule has 0 aliphatic carbocycles. The highest BCUT2D eigenvalue weighted by atomic mass is 15.3. The monoisotopic (exact) mass is 310 g/mol. The summed E-state index contributed by atoms with van der Waals surface area (Å²) in [7, 11) is 0. The van der Waals surface area contributed by atoms with E-state index in [1.807, 2.05) is 23.2 Å². The molecular formula is C17H22N6. The van der Waals surface area contributed by atoms with Crippen molar-refractivity contribution in [2.75, 3.05) is 0 Å². The lowest BCUT2D eigenvalue weighted by atomic mass is 10.0. The highest BCUT2D eigenvalue weighted by Gasteiger charge is 2.17. The van der Waals surface area contributed by atoms with Crippen LogP contribution in [0.2, 0.25) is 0 Å². The Morgan fingerprint density at radius 1 is 0.783 bits per heavy atom. The fraction of sp³-hybridized carbons (Fsp3) is 0.529. The van der Waals surface area contributed by atoms with E-state index in [4.69, 9.17) is 10.5 Å². The van der Waals surface area contributed by atoms with Crippen LogP contribution in [0.4, 0.5) is 0 Å². The molecule has 2 aromatic rings. The molecule has 0 bridgehead atoms. The maximum atomic E-state index is 8.75. The zero-order valence-corrected chi connectivity index (χ0v) is 14.2. The van der Waals surface area contributed by atoms with Crippen LogP contribution in [0, 0.1) is 50.4 Å². The van der Waals surface area contributed by atoms with Crippen LogP contribution in [0.15, 0.2) is 0 Å². The molecular weight excluding hydrogens is 288 g/mol. The Labute approximate surface area is 137 Å². The topological polar surface area (TPSA) is 83.2 Å². The third-order valence-electron chi connectivity index (χ3n) is 4.29. The molecule has 0 radical (unpaired) electrons. The molecule has 0 aromatic carbocycles. The van der Waals surface area contributed by atoms with Crippen molar-refractivity contribution >= 4 is 0 Å². The van der Waals surface area contributed by atoms with Crippen LogP contribution >= 0.6 is 0 Å². The van der Waals surface area contributed by atoms with Gasteiger partial charge in [-0.3, -0.25) is 9.36 Å². The molecule has 2 rings (SSSR count). The quantitative estimate of drug-likeness (QED) is 0.821. The summed E-state index contributed by atoms with van der Waals surface area (Å²) in [6.07, 6.45) is 1.71. The fourth-order valence-corrected chi connectivity index (χ4v) is 2.90. The van der Waals surface area contributed by atoms with E-state index in [1.165, 1.54) is 11.1 Å². The molecule has 0 spiro atoms. The molecule has 2 heterocycles. The van der Waals surface area contributed by atoms with Crippen molar-refractivity contribution in [2.24, 2.45) is 0 Å². The Kier molecular flexibility index (Phi) is 5.18. The van der Waals surface area contributed by atoms with Crippen LogP contribution in [0.3, 0.4) is 0 Å². The molecule has 0 fully saturated rings. The Bertz CT molecular complexity index is 715. The first-order valence-electron chi connectivity index (χ1n) is 7.79. The van der Waals surface area contributed by atoms with Crippen molar-refractivity contribution in [3.05, 3.63) is 33.9 Å². The van der Waals surface area contributed by atoms with E-state index in [-0.39, 0.29) is 0 Å². The van der Waals surface area contributed by atoms with Gasteiger partial charge >= 0.3 is 0 Å². The van der Waals surface area contributed by atoms with Gasteiger partial charge in [-0.05, 0) is 27.7 Å².